The average molecular weight is 720 g/mol. The number of fused-ring (bicyclic) bond motifs is 10. The number of furan rings is 1. The number of benzene rings is 9. The Balaban J connectivity index is 1.10. The fraction of sp³-hybridized carbons (Fsp3) is 0. The van der Waals surface area contributed by atoms with Crippen LogP contribution in [0.4, 0.5) is 17.1 Å². The number of nitrogens with zero attached hydrogens (tertiary/aromatic N) is 1. The van der Waals surface area contributed by atoms with Crippen LogP contribution in [0.1, 0.15) is 0 Å². The molecule has 0 saturated carbocycles. The Kier molecular flexibility index (Phi) is 7.39. The van der Waals surface area contributed by atoms with Gasteiger partial charge in [0.05, 0.1) is 0 Å². The molecule has 11 aromatic rings. The van der Waals surface area contributed by atoms with Gasteiger partial charge in [0.25, 0.3) is 0 Å². The molecule has 0 aliphatic carbocycles. The quantitative estimate of drug-likeness (QED) is 0.170. The minimum absolute atomic E-state index is 0.872. The lowest BCUT2D eigenvalue weighted by Gasteiger charge is -2.26. The van der Waals surface area contributed by atoms with E-state index < -0.39 is 0 Å². The molecule has 9 aromatic carbocycles. The Hall–Kier alpha value is -6.94. The second-order valence-corrected chi connectivity index (χ2v) is 15.1. The molecule has 0 unspecified atom stereocenters. The van der Waals surface area contributed by atoms with Crippen molar-refractivity contribution in [3.63, 3.8) is 0 Å². The van der Waals surface area contributed by atoms with E-state index in [0.717, 1.165) is 33.6 Å². The van der Waals surface area contributed by atoms with Crippen LogP contribution in [0, 0.1) is 0 Å². The Morgan fingerprint density at radius 3 is 1.42 bits per heavy atom. The van der Waals surface area contributed by atoms with E-state index in [1.54, 1.807) is 0 Å². The van der Waals surface area contributed by atoms with Gasteiger partial charge >= 0.3 is 0 Å². The number of rotatable bonds is 6. The molecule has 2 nitrogen and oxygen atoms in total. The molecule has 3 heteroatoms. The smallest absolute Gasteiger partial charge is 0.145 e. The first-order chi connectivity index (χ1) is 27.3. The predicted molar refractivity (Wildman–Crippen MR) is 235 cm³/mol. The maximum absolute atomic E-state index is 7.05. The normalized spacial score (nSPS) is 11.6. The summed E-state index contributed by atoms with van der Waals surface area (Å²) >= 11 is 1.86. The second kappa shape index (κ2) is 12.9. The molecule has 258 valence electrons. The summed E-state index contributed by atoms with van der Waals surface area (Å²) in [5.41, 5.74) is 12.2. The number of anilines is 3. The van der Waals surface area contributed by atoms with E-state index in [4.69, 9.17) is 4.42 Å². The molecular weight excluding hydrogens is 687 g/mol. The SMILES string of the molecule is c1ccc(-c2ccc(N(c3ccc(-c4ccccc4)cc3)c3ccc4c(c3)oc3c4c4ccccc4c4sc5cc(-c6ccccc6)ccc5c34)cc2)cc1. The van der Waals surface area contributed by atoms with Crippen molar-refractivity contribution in [1.29, 1.82) is 0 Å². The molecule has 0 radical (unpaired) electrons. The van der Waals surface area contributed by atoms with Crippen LogP contribution in [-0.4, -0.2) is 0 Å². The summed E-state index contributed by atoms with van der Waals surface area (Å²) in [6.07, 6.45) is 0. The molecule has 0 bridgehead atoms. The van der Waals surface area contributed by atoms with E-state index in [1.807, 2.05) is 11.3 Å². The molecule has 0 aliphatic heterocycles. The first kappa shape index (κ1) is 31.6. The minimum Gasteiger partial charge on any atom is -0.455 e. The lowest BCUT2D eigenvalue weighted by molar-refractivity contribution is 0.673. The lowest BCUT2D eigenvalue weighted by atomic mass is 9.98. The van der Waals surface area contributed by atoms with Gasteiger partial charge in [-0.25, -0.2) is 0 Å². The van der Waals surface area contributed by atoms with E-state index in [9.17, 15) is 0 Å². The Labute approximate surface area is 322 Å². The number of thiophene rings is 1. The molecule has 0 saturated heterocycles. The fourth-order valence-corrected chi connectivity index (χ4v) is 9.48. The summed E-state index contributed by atoms with van der Waals surface area (Å²) < 4.78 is 9.58. The molecule has 0 aliphatic rings. The monoisotopic (exact) mass is 719 g/mol. The number of hydrogen-bond acceptors (Lipinski definition) is 3. The van der Waals surface area contributed by atoms with Crippen molar-refractivity contribution >= 4 is 81.3 Å². The van der Waals surface area contributed by atoms with Gasteiger partial charge in [-0.05, 0) is 81.2 Å². The van der Waals surface area contributed by atoms with Crippen molar-refractivity contribution in [3.05, 3.63) is 200 Å². The Morgan fingerprint density at radius 1 is 0.345 bits per heavy atom. The van der Waals surface area contributed by atoms with Crippen molar-refractivity contribution in [2.75, 3.05) is 4.90 Å². The van der Waals surface area contributed by atoms with Crippen molar-refractivity contribution in [3.8, 4) is 33.4 Å². The summed E-state index contributed by atoms with van der Waals surface area (Å²) in [5.74, 6) is 0. The van der Waals surface area contributed by atoms with Crippen LogP contribution in [0.5, 0.6) is 0 Å². The van der Waals surface area contributed by atoms with E-state index in [-0.39, 0.29) is 0 Å². The second-order valence-electron chi connectivity index (χ2n) is 14.1. The van der Waals surface area contributed by atoms with Crippen LogP contribution in [0.25, 0.3) is 86.3 Å². The first-order valence-electron chi connectivity index (χ1n) is 18.7. The Morgan fingerprint density at radius 2 is 0.818 bits per heavy atom. The maximum atomic E-state index is 7.05. The zero-order valence-corrected chi connectivity index (χ0v) is 30.6. The predicted octanol–water partition coefficient (Wildman–Crippen LogP) is 15.6. The van der Waals surface area contributed by atoms with Gasteiger partial charge in [0, 0.05) is 59.5 Å². The van der Waals surface area contributed by atoms with Gasteiger partial charge in [-0.2, -0.15) is 0 Å². The van der Waals surface area contributed by atoms with E-state index in [0.29, 0.717) is 0 Å². The minimum atomic E-state index is 0.872. The van der Waals surface area contributed by atoms with Gasteiger partial charge in [0.2, 0.25) is 0 Å². The molecular formula is C52H33NOS. The summed E-state index contributed by atoms with van der Waals surface area (Å²) in [6.45, 7) is 0. The molecule has 55 heavy (non-hydrogen) atoms. The zero-order valence-electron chi connectivity index (χ0n) is 29.8. The van der Waals surface area contributed by atoms with Crippen molar-refractivity contribution < 1.29 is 4.42 Å². The molecule has 0 fully saturated rings. The third-order valence-corrected chi connectivity index (χ3v) is 12.0. The van der Waals surface area contributed by atoms with Gasteiger partial charge in [-0.15, -0.1) is 11.3 Å². The molecule has 2 aromatic heterocycles. The molecule has 0 amide bonds. The van der Waals surface area contributed by atoms with Gasteiger partial charge in [0.1, 0.15) is 11.2 Å². The van der Waals surface area contributed by atoms with Crippen LogP contribution in [0.2, 0.25) is 0 Å². The highest BCUT2D eigenvalue weighted by molar-refractivity contribution is 7.27. The first-order valence-corrected chi connectivity index (χ1v) is 19.5. The highest BCUT2D eigenvalue weighted by Gasteiger charge is 2.22. The summed E-state index contributed by atoms with van der Waals surface area (Å²) in [4.78, 5) is 2.33. The third-order valence-electron chi connectivity index (χ3n) is 10.9. The van der Waals surface area contributed by atoms with Crippen molar-refractivity contribution in [2.45, 2.75) is 0 Å². The van der Waals surface area contributed by atoms with Gasteiger partial charge in [0.15, 0.2) is 0 Å². The molecule has 0 spiro atoms. The van der Waals surface area contributed by atoms with Crippen LogP contribution >= 0.6 is 11.3 Å². The summed E-state index contributed by atoms with van der Waals surface area (Å²) in [6, 6.07) is 71.8. The van der Waals surface area contributed by atoms with Gasteiger partial charge in [-0.1, -0.05) is 152 Å². The zero-order chi connectivity index (χ0) is 36.3. The van der Waals surface area contributed by atoms with Crippen molar-refractivity contribution in [1.82, 2.24) is 0 Å². The average Bonchev–Trinajstić information content (AvgIpc) is 3.84. The lowest BCUT2D eigenvalue weighted by Crippen LogP contribution is -2.09. The van der Waals surface area contributed by atoms with Crippen LogP contribution in [-0.2, 0) is 0 Å². The number of hydrogen-bond donors (Lipinski definition) is 0. The largest absolute Gasteiger partial charge is 0.455 e. The van der Waals surface area contributed by atoms with E-state index in [1.165, 1.54) is 69.7 Å². The molecule has 2 heterocycles. The van der Waals surface area contributed by atoms with Gasteiger partial charge < -0.3 is 9.32 Å². The third kappa shape index (κ3) is 5.32. The summed E-state index contributed by atoms with van der Waals surface area (Å²) in [5, 5.41) is 7.19. The molecule has 0 atom stereocenters. The fourth-order valence-electron chi connectivity index (χ4n) is 8.20. The Bertz CT molecular complexity index is 3080. The highest BCUT2D eigenvalue weighted by atomic mass is 32.1. The van der Waals surface area contributed by atoms with E-state index >= 15 is 0 Å². The molecule has 11 rings (SSSR count). The van der Waals surface area contributed by atoms with Crippen molar-refractivity contribution in [2.24, 2.45) is 0 Å². The summed E-state index contributed by atoms with van der Waals surface area (Å²) in [7, 11) is 0. The highest BCUT2D eigenvalue weighted by Crippen LogP contribution is 2.48. The standard InChI is InChI=1S/C52H33NOS/c1-4-12-34(13-5-1)37-20-25-40(26-21-37)53(41-27-22-38(23-28-41)35-14-6-2-7-15-35)42-29-31-45-47(33-42)54-51-49(45)43-18-10-11-19-44(43)52-50(51)46-30-24-39(32-48(46)55-52)36-16-8-3-9-17-36/h1-33H. The maximum Gasteiger partial charge on any atom is 0.145 e. The van der Waals surface area contributed by atoms with Crippen LogP contribution in [0.3, 0.4) is 0 Å². The van der Waals surface area contributed by atoms with Crippen LogP contribution in [0.15, 0.2) is 205 Å². The van der Waals surface area contributed by atoms with Gasteiger partial charge in [-0.3, -0.25) is 0 Å². The van der Waals surface area contributed by atoms with E-state index in [2.05, 4.69) is 205 Å². The topological polar surface area (TPSA) is 16.4 Å². The van der Waals surface area contributed by atoms with Crippen LogP contribution < -0.4 is 4.90 Å². The molecule has 0 N–H and O–H groups in total.